The molecule has 0 saturated carbocycles. The summed E-state index contributed by atoms with van der Waals surface area (Å²) in [6, 6.07) is 14.5. The van der Waals surface area contributed by atoms with Gasteiger partial charge in [-0.1, -0.05) is 0 Å². The van der Waals surface area contributed by atoms with Crippen LogP contribution < -0.4 is 0 Å². The molecule has 1 aliphatic carbocycles. The summed E-state index contributed by atoms with van der Waals surface area (Å²) in [6.07, 6.45) is 0. The third kappa shape index (κ3) is 3.43. The van der Waals surface area contributed by atoms with Crippen LogP contribution in [0.25, 0.3) is 0 Å². The van der Waals surface area contributed by atoms with Gasteiger partial charge >= 0.3 is 211 Å². The predicted octanol–water partition coefficient (Wildman–Crippen LogP) is 8.77. The average Bonchev–Trinajstić information content (AvgIpc) is 3.40. The van der Waals surface area contributed by atoms with Crippen molar-refractivity contribution in [2.24, 2.45) is 0 Å². The van der Waals surface area contributed by atoms with Gasteiger partial charge in [-0.15, -0.1) is 0 Å². The summed E-state index contributed by atoms with van der Waals surface area (Å²) < 4.78 is 0.319. The molecule has 1 fully saturated rings. The van der Waals surface area contributed by atoms with E-state index in [0.29, 0.717) is 24.1 Å². The predicted molar refractivity (Wildman–Crippen MR) is 146 cm³/mol. The fourth-order valence-electron chi connectivity index (χ4n) is 6.73. The molecule has 0 bridgehead atoms. The number of rotatable bonds is 1. The number of hydrogen-bond acceptors (Lipinski definition) is 0. The van der Waals surface area contributed by atoms with Crippen LogP contribution in [-0.4, -0.2) is 15.0 Å². The Kier molecular flexibility index (Phi) is 5.32. The van der Waals surface area contributed by atoms with E-state index < -0.39 is 0 Å². The second-order valence-electron chi connectivity index (χ2n) is 14.8. The molecule has 2 aliphatic rings. The minimum absolute atomic E-state index is 0.121. The molecule has 4 rings (SSSR count). The maximum atomic E-state index is 2.58. The summed E-state index contributed by atoms with van der Waals surface area (Å²) in [5.41, 5.74) is 10.3. The summed E-state index contributed by atoms with van der Waals surface area (Å²) in [6.45, 7) is 31.8. The number of fused-ring (bicyclic) bond motifs is 1. The van der Waals surface area contributed by atoms with E-state index in [1.54, 1.807) is 27.8 Å². The van der Waals surface area contributed by atoms with Crippen LogP contribution in [-0.2, 0) is 27.1 Å². The quantitative estimate of drug-likeness (QED) is 0.337. The number of hydrogen-bond donors (Lipinski definition) is 0. The van der Waals surface area contributed by atoms with Gasteiger partial charge in [0.25, 0.3) is 0 Å². The van der Waals surface area contributed by atoms with E-state index in [-0.39, 0.29) is 27.1 Å². The van der Waals surface area contributed by atoms with Gasteiger partial charge in [-0.25, -0.2) is 0 Å². The minimum atomic E-state index is 0.121. The Hall–Kier alpha value is -1.04. The first kappa shape index (κ1) is 25.1. The molecule has 0 nitrogen and oxygen atoms in total. The molecule has 1 heteroatoms. The molecule has 1 aliphatic heterocycles. The first-order valence-electron chi connectivity index (χ1n) is 12.7. The zero-order valence-electron chi connectivity index (χ0n) is 23.4. The third-order valence-corrected chi connectivity index (χ3v) is 13.3. The molecule has 33 heavy (non-hydrogen) atoms. The van der Waals surface area contributed by atoms with E-state index in [0.717, 1.165) is 0 Å². The van der Waals surface area contributed by atoms with Gasteiger partial charge in [0.1, 0.15) is 0 Å². The molecule has 2 aromatic rings. The molecule has 180 valence electrons. The van der Waals surface area contributed by atoms with E-state index >= 15 is 0 Å². The summed E-state index contributed by atoms with van der Waals surface area (Å²) in [7, 11) is 0. The molecular weight excluding hydrogens is 463 g/mol. The van der Waals surface area contributed by atoms with Gasteiger partial charge in [0, 0.05) is 0 Å². The molecule has 1 heterocycles. The molecule has 0 N–H and O–H groups in total. The van der Waals surface area contributed by atoms with Crippen molar-refractivity contribution < 1.29 is 0 Å². The first-order valence-corrected chi connectivity index (χ1v) is 14.6. The van der Waals surface area contributed by atoms with Gasteiger partial charge in [-0.05, 0) is 0 Å². The molecule has 1 unspecified atom stereocenters. The van der Waals surface area contributed by atoms with E-state index in [4.69, 9.17) is 0 Å². The Morgan fingerprint density at radius 1 is 0.636 bits per heavy atom. The number of benzene rings is 2. The van der Waals surface area contributed by atoms with Crippen LogP contribution >= 0.6 is 0 Å². The molecule has 1 spiro atoms. The molecule has 1 atom stereocenters. The molecule has 0 radical (unpaired) electrons. The van der Waals surface area contributed by atoms with Gasteiger partial charge in [-0.2, -0.15) is 0 Å². The Morgan fingerprint density at radius 3 is 1.36 bits per heavy atom. The monoisotopic (exact) mass is 510 g/mol. The van der Waals surface area contributed by atoms with Crippen molar-refractivity contribution >= 4 is 15.0 Å². The van der Waals surface area contributed by atoms with Gasteiger partial charge < -0.3 is 0 Å². The SMILES string of the molecule is CC(C)(C)c1cc(C(C)(C)C)c(C2[Se]C23C(C)(C)c2ccccc2C3(C)C)c(C(C)(C)C)c1. The van der Waals surface area contributed by atoms with Gasteiger partial charge in [0.05, 0.1) is 0 Å². The zero-order valence-corrected chi connectivity index (χ0v) is 25.2. The fraction of sp³-hybridized carbons (Fsp3) is 0.625. The van der Waals surface area contributed by atoms with Crippen molar-refractivity contribution in [1.82, 2.24) is 0 Å². The van der Waals surface area contributed by atoms with Crippen LogP contribution in [0.2, 0.25) is 4.31 Å². The van der Waals surface area contributed by atoms with Crippen molar-refractivity contribution in [3.8, 4) is 0 Å². The van der Waals surface area contributed by atoms with Crippen LogP contribution in [0, 0.1) is 0 Å². The fourth-order valence-corrected chi connectivity index (χ4v) is 11.3. The standard InChI is InChI=1S/C32H46Se/c1-27(2,3)20-18-23(28(4,5)6)25(24(19-20)29(7,8)9)26-32(33-26)30(10,11)21-16-14-15-17-22(21)31(32,12)13/h14-19,26H,1-13H3. The van der Waals surface area contributed by atoms with Gasteiger partial charge in [0.15, 0.2) is 0 Å². The second kappa shape index (κ2) is 7.01. The van der Waals surface area contributed by atoms with Crippen molar-refractivity contribution in [3.63, 3.8) is 0 Å². The maximum absolute atomic E-state index is 2.58. The van der Waals surface area contributed by atoms with Crippen molar-refractivity contribution in [1.29, 1.82) is 0 Å². The van der Waals surface area contributed by atoms with Crippen molar-refractivity contribution in [2.75, 3.05) is 0 Å². The summed E-state index contributed by atoms with van der Waals surface area (Å²) in [4.78, 5) is 0.653. The van der Waals surface area contributed by atoms with E-state index in [9.17, 15) is 0 Å². The van der Waals surface area contributed by atoms with Gasteiger partial charge in [0.2, 0.25) is 0 Å². The topological polar surface area (TPSA) is 0 Å². The summed E-state index contributed by atoms with van der Waals surface area (Å²) in [5, 5.41) is 0. The Balaban J connectivity index is 2.02. The summed E-state index contributed by atoms with van der Waals surface area (Å²) >= 11 is 0.558. The van der Waals surface area contributed by atoms with Crippen molar-refractivity contribution in [3.05, 3.63) is 69.8 Å². The zero-order chi connectivity index (χ0) is 25.0. The van der Waals surface area contributed by atoms with Crippen LogP contribution in [0.5, 0.6) is 0 Å². The van der Waals surface area contributed by atoms with Crippen LogP contribution in [0.4, 0.5) is 0 Å². The molecule has 2 aromatic carbocycles. The Labute approximate surface area is 210 Å². The van der Waals surface area contributed by atoms with Crippen LogP contribution in [0.1, 0.15) is 128 Å². The van der Waals surface area contributed by atoms with E-state index in [1.807, 2.05) is 0 Å². The molecule has 0 amide bonds. The van der Waals surface area contributed by atoms with E-state index in [2.05, 4.69) is 126 Å². The average molecular weight is 510 g/mol. The molecule has 1 saturated heterocycles. The normalized spacial score (nSPS) is 23.0. The molecule has 0 aromatic heterocycles. The summed E-state index contributed by atoms with van der Waals surface area (Å²) in [5.74, 6) is 0. The van der Waals surface area contributed by atoms with E-state index in [1.165, 1.54) is 5.56 Å². The van der Waals surface area contributed by atoms with Gasteiger partial charge in [-0.3, -0.25) is 0 Å². The van der Waals surface area contributed by atoms with Crippen LogP contribution in [0.3, 0.4) is 0 Å². The molecular formula is C32H46Se. The Bertz CT molecular complexity index is 1020. The second-order valence-corrected chi connectivity index (χ2v) is 17.6. The first-order chi connectivity index (χ1) is 14.8. The van der Waals surface area contributed by atoms with Crippen LogP contribution in [0.15, 0.2) is 36.4 Å². The van der Waals surface area contributed by atoms with Crippen molar-refractivity contribution in [2.45, 2.75) is 126 Å². The Morgan fingerprint density at radius 2 is 1.03 bits per heavy atom. The third-order valence-electron chi connectivity index (χ3n) is 8.67.